The Hall–Kier alpha value is -1.85. The van der Waals surface area contributed by atoms with Crippen LogP contribution in [0.5, 0.6) is 0 Å². The van der Waals surface area contributed by atoms with Gasteiger partial charge in [-0.25, -0.2) is 0 Å². The summed E-state index contributed by atoms with van der Waals surface area (Å²) in [6.45, 7) is 7.46. The van der Waals surface area contributed by atoms with Gasteiger partial charge in [-0.1, -0.05) is 17.7 Å². The topological polar surface area (TPSA) is 67.8 Å². The second-order valence-corrected chi connectivity index (χ2v) is 7.99. The van der Waals surface area contributed by atoms with Gasteiger partial charge in [0.25, 0.3) is 5.91 Å². The van der Waals surface area contributed by atoms with Crippen molar-refractivity contribution in [3.8, 4) is 0 Å². The summed E-state index contributed by atoms with van der Waals surface area (Å²) in [5.41, 5.74) is 3.79. The molecule has 5 heteroatoms. The summed E-state index contributed by atoms with van der Waals surface area (Å²) in [6, 6.07) is 4.11. The minimum absolute atomic E-state index is 0.181. The number of carbonyl (C=O) groups excluding carboxylic acids is 1. The molecule has 2 fully saturated rings. The highest BCUT2D eigenvalue weighted by Crippen LogP contribution is 2.47. The Kier molecular flexibility index (Phi) is 4.12. The molecule has 1 aromatic carbocycles. The second-order valence-electron chi connectivity index (χ2n) is 7.99. The fourth-order valence-electron chi connectivity index (χ4n) is 4.82. The van der Waals surface area contributed by atoms with Crippen molar-refractivity contribution in [1.29, 1.82) is 0 Å². The van der Waals surface area contributed by atoms with Crippen LogP contribution in [0.3, 0.4) is 0 Å². The summed E-state index contributed by atoms with van der Waals surface area (Å²) in [6.07, 6.45) is 3.52. The van der Waals surface area contributed by atoms with E-state index in [9.17, 15) is 9.90 Å². The molecular weight excluding hydrogens is 330 g/mol. The van der Waals surface area contributed by atoms with E-state index in [0.717, 1.165) is 28.7 Å². The van der Waals surface area contributed by atoms with Crippen molar-refractivity contribution in [2.45, 2.75) is 64.2 Å². The fraction of sp³-hybridized carbons (Fsp3) is 0.571. The first-order valence-corrected chi connectivity index (χ1v) is 9.48. The molecule has 3 aliphatic rings. The van der Waals surface area contributed by atoms with E-state index in [0.29, 0.717) is 44.5 Å². The SMILES string of the molecule is Cc1cc(C)c(C2=C(O)C3(CCC4(CC3)OCCCO4)NC2=O)c(C)c1. The van der Waals surface area contributed by atoms with E-state index in [2.05, 4.69) is 17.4 Å². The van der Waals surface area contributed by atoms with Crippen LogP contribution < -0.4 is 5.32 Å². The molecule has 26 heavy (non-hydrogen) atoms. The highest BCUT2D eigenvalue weighted by Gasteiger charge is 2.52. The lowest BCUT2D eigenvalue weighted by atomic mass is 9.77. The fourth-order valence-corrected chi connectivity index (χ4v) is 4.82. The predicted molar refractivity (Wildman–Crippen MR) is 98.8 cm³/mol. The zero-order chi connectivity index (χ0) is 18.5. The third-order valence-corrected chi connectivity index (χ3v) is 6.08. The standard InChI is InChI=1S/C21H27NO4/c1-13-11-14(2)16(15(3)12-13)17-18(23)20(22-19(17)24)5-7-21(8-6-20)25-9-4-10-26-21/h11-12,23H,4-10H2,1-3H3,(H,22,24). The number of hydrogen-bond donors (Lipinski definition) is 2. The maximum Gasteiger partial charge on any atom is 0.256 e. The Labute approximate surface area is 154 Å². The number of aliphatic hydroxyl groups excluding tert-OH is 1. The van der Waals surface area contributed by atoms with Crippen LogP contribution in [0.4, 0.5) is 0 Å². The average Bonchev–Trinajstić information content (AvgIpc) is 2.83. The minimum Gasteiger partial charge on any atom is -0.509 e. The lowest BCUT2D eigenvalue weighted by Crippen LogP contribution is -2.54. The number of benzene rings is 1. The summed E-state index contributed by atoms with van der Waals surface area (Å²) >= 11 is 0. The summed E-state index contributed by atoms with van der Waals surface area (Å²) in [5.74, 6) is -0.533. The molecule has 1 saturated carbocycles. The Bertz CT molecular complexity index is 756. The number of carbonyl (C=O) groups is 1. The largest absolute Gasteiger partial charge is 0.509 e. The van der Waals surface area contributed by atoms with Crippen LogP contribution in [-0.2, 0) is 14.3 Å². The molecule has 2 aliphatic heterocycles. The molecule has 2 N–H and O–H groups in total. The molecule has 0 radical (unpaired) electrons. The van der Waals surface area contributed by atoms with Crippen LogP contribution in [0.15, 0.2) is 17.9 Å². The Balaban J connectivity index is 1.68. The van der Waals surface area contributed by atoms with Gasteiger partial charge in [-0.3, -0.25) is 4.79 Å². The zero-order valence-electron chi connectivity index (χ0n) is 15.8. The summed E-state index contributed by atoms with van der Waals surface area (Å²) in [5, 5.41) is 14.2. The monoisotopic (exact) mass is 357 g/mol. The second kappa shape index (κ2) is 6.10. The first-order valence-electron chi connectivity index (χ1n) is 9.48. The number of nitrogens with one attached hydrogen (secondary N) is 1. The first-order chi connectivity index (χ1) is 12.4. The molecule has 140 valence electrons. The van der Waals surface area contributed by atoms with E-state index in [-0.39, 0.29) is 11.7 Å². The highest BCUT2D eigenvalue weighted by atomic mass is 16.7. The van der Waals surface area contributed by atoms with Crippen LogP contribution in [0.25, 0.3) is 5.57 Å². The molecule has 0 unspecified atom stereocenters. The van der Waals surface area contributed by atoms with Gasteiger partial charge in [-0.2, -0.15) is 0 Å². The van der Waals surface area contributed by atoms with Crippen molar-refractivity contribution in [3.05, 3.63) is 40.1 Å². The molecule has 1 aromatic rings. The Morgan fingerprint density at radius 3 is 2.15 bits per heavy atom. The lowest BCUT2D eigenvalue weighted by Gasteiger charge is -2.45. The number of rotatable bonds is 1. The molecule has 1 saturated heterocycles. The van der Waals surface area contributed by atoms with Gasteiger partial charge < -0.3 is 19.9 Å². The molecule has 2 heterocycles. The third-order valence-electron chi connectivity index (χ3n) is 6.08. The minimum atomic E-state index is -0.689. The smallest absolute Gasteiger partial charge is 0.256 e. The highest BCUT2D eigenvalue weighted by molar-refractivity contribution is 6.24. The van der Waals surface area contributed by atoms with Crippen molar-refractivity contribution < 1.29 is 19.4 Å². The van der Waals surface area contributed by atoms with E-state index in [1.807, 2.05) is 20.8 Å². The van der Waals surface area contributed by atoms with Gasteiger partial charge in [0, 0.05) is 12.8 Å². The van der Waals surface area contributed by atoms with Crippen molar-refractivity contribution in [3.63, 3.8) is 0 Å². The number of ether oxygens (including phenoxy) is 2. The molecule has 1 aliphatic carbocycles. The van der Waals surface area contributed by atoms with Gasteiger partial charge in [0.15, 0.2) is 5.79 Å². The van der Waals surface area contributed by atoms with E-state index < -0.39 is 11.3 Å². The lowest BCUT2D eigenvalue weighted by molar-refractivity contribution is -0.284. The van der Waals surface area contributed by atoms with E-state index in [1.165, 1.54) is 0 Å². The Morgan fingerprint density at radius 1 is 1.00 bits per heavy atom. The van der Waals surface area contributed by atoms with Gasteiger partial charge in [-0.15, -0.1) is 0 Å². The molecule has 0 aromatic heterocycles. The predicted octanol–water partition coefficient (Wildman–Crippen LogP) is 3.46. The number of aliphatic hydroxyl groups is 1. The van der Waals surface area contributed by atoms with Gasteiger partial charge >= 0.3 is 0 Å². The van der Waals surface area contributed by atoms with Crippen LogP contribution in [0, 0.1) is 20.8 Å². The molecule has 5 nitrogen and oxygen atoms in total. The van der Waals surface area contributed by atoms with Gasteiger partial charge in [0.05, 0.1) is 24.3 Å². The molecule has 0 atom stereocenters. The summed E-state index contributed by atoms with van der Waals surface area (Å²) < 4.78 is 11.8. The molecule has 0 bridgehead atoms. The molecule has 1 amide bonds. The van der Waals surface area contributed by atoms with Crippen LogP contribution in [-0.4, -0.2) is 35.6 Å². The maximum atomic E-state index is 12.8. The summed E-state index contributed by atoms with van der Waals surface area (Å²) in [4.78, 5) is 12.8. The van der Waals surface area contributed by atoms with Gasteiger partial charge in [-0.05, 0) is 56.7 Å². The van der Waals surface area contributed by atoms with Gasteiger partial charge in [0.1, 0.15) is 5.76 Å². The van der Waals surface area contributed by atoms with Crippen molar-refractivity contribution in [1.82, 2.24) is 5.32 Å². The van der Waals surface area contributed by atoms with E-state index in [4.69, 9.17) is 9.47 Å². The molecule has 2 spiro atoms. The first kappa shape index (κ1) is 17.6. The van der Waals surface area contributed by atoms with Crippen molar-refractivity contribution in [2.75, 3.05) is 13.2 Å². The summed E-state index contributed by atoms with van der Waals surface area (Å²) in [7, 11) is 0. The van der Waals surface area contributed by atoms with Crippen LogP contribution in [0.2, 0.25) is 0 Å². The quantitative estimate of drug-likeness (QED) is 0.808. The molecular formula is C21H27NO4. The molecule has 4 rings (SSSR count). The number of hydrogen-bond acceptors (Lipinski definition) is 4. The Morgan fingerprint density at radius 2 is 1.58 bits per heavy atom. The van der Waals surface area contributed by atoms with Gasteiger partial charge in [0.2, 0.25) is 0 Å². The van der Waals surface area contributed by atoms with Crippen molar-refractivity contribution >= 4 is 11.5 Å². The van der Waals surface area contributed by atoms with E-state index in [1.54, 1.807) is 0 Å². The third kappa shape index (κ3) is 2.65. The zero-order valence-corrected chi connectivity index (χ0v) is 15.8. The number of amides is 1. The normalized spacial score (nSPS) is 24.3. The van der Waals surface area contributed by atoms with Crippen LogP contribution >= 0.6 is 0 Å². The maximum absolute atomic E-state index is 12.8. The van der Waals surface area contributed by atoms with E-state index >= 15 is 0 Å². The van der Waals surface area contributed by atoms with Crippen molar-refractivity contribution in [2.24, 2.45) is 0 Å². The average molecular weight is 357 g/mol. The van der Waals surface area contributed by atoms with Crippen LogP contribution in [0.1, 0.15) is 54.4 Å². The number of aryl methyl sites for hydroxylation is 3.